The third kappa shape index (κ3) is 3.92. The van der Waals surface area contributed by atoms with Crippen molar-refractivity contribution in [3.8, 4) is 5.75 Å². The van der Waals surface area contributed by atoms with Gasteiger partial charge in [-0.2, -0.15) is 12.6 Å². The van der Waals surface area contributed by atoms with Crippen molar-refractivity contribution in [2.45, 2.75) is 38.5 Å². The van der Waals surface area contributed by atoms with Crippen LogP contribution >= 0.6 is 28.6 Å². The summed E-state index contributed by atoms with van der Waals surface area (Å²) in [7, 11) is 0. The van der Waals surface area contributed by atoms with Crippen molar-refractivity contribution < 1.29 is 4.74 Å². The van der Waals surface area contributed by atoms with Crippen molar-refractivity contribution in [3.05, 3.63) is 28.7 Å². The Bertz CT molecular complexity index is 355. The van der Waals surface area contributed by atoms with E-state index in [2.05, 4.69) is 28.6 Å². The zero-order valence-electron chi connectivity index (χ0n) is 10.7. The zero-order chi connectivity index (χ0) is 12.8. The smallest absolute Gasteiger partial charge is 0.119 e. The first kappa shape index (κ1) is 14.3. The van der Waals surface area contributed by atoms with E-state index >= 15 is 0 Å². The Hall–Kier alpha value is -0.150. The summed E-state index contributed by atoms with van der Waals surface area (Å²) in [5.41, 5.74) is 0.284. The van der Waals surface area contributed by atoms with Crippen molar-refractivity contribution in [2.75, 3.05) is 12.4 Å². The van der Waals surface area contributed by atoms with E-state index in [-0.39, 0.29) is 5.41 Å². The Morgan fingerprint density at radius 2 is 1.67 bits per heavy atom. The Labute approximate surface area is 124 Å². The first-order valence-corrected chi connectivity index (χ1v) is 8.16. The number of halogens is 1. The molecule has 0 bridgehead atoms. The van der Waals surface area contributed by atoms with Crippen LogP contribution in [0.15, 0.2) is 28.7 Å². The Kier molecular flexibility index (Phi) is 5.43. The molecule has 2 rings (SSSR count). The molecule has 1 saturated carbocycles. The van der Waals surface area contributed by atoms with Gasteiger partial charge in [-0.25, -0.2) is 0 Å². The van der Waals surface area contributed by atoms with Gasteiger partial charge in [-0.3, -0.25) is 0 Å². The second-order valence-electron chi connectivity index (χ2n) is 5.31. The molecule has 0 aliphatic heterocycles. The molecule has 0 atom stereocenters. The molecule has 1 aromatic rings. The molecule has 0 amide bonds. The first-order chi connectivity index (χ1) is 8.74. The molecule has 1 aromatic carbocycles. The van der Waals surface area contributed by atoms with Gasteiger partial charge < -0.3 is 4.74 Å². The summed E-state index contributed by atoms with van der Waals surface area (Å²) in [4.78, 5) is 0. The predicted molar refractivity (Wildman–Crippen MR) is 83.6 cm³/mol. The summed E-state index contributed by atoms with van der Waals surface area (Å²) in [6.07, 6.45) is 7.90. The van der Waals surface area contributed by atoms with Crippen LogP contribution in [0.5, 0.6) is 5.75 Å². The molecular formula is C15H21BrOS. The lowest BCUT2D eigenvalue weighted by Gasteiger charge is -2.30. The number of ether oxygens (including phenoxy) is 1. The summed E-state index contributed by atoms with van der Waals surface area (Å²) in [6.45, 7) is 0.804. The van der Waals surface area contributed by atoms with Gasteiger partial charge in [0.05, 0.1) is 6.61 Å². The molecule has 0 unspecified atom stereocenters. The molecule has 1 aliphatic carbocycles. The summed E-state index contributed by atoms with van der Waals surface area (Å²) < 4.78 is 7.07. The maximum Gasteiger partial charge on any atom is 0.119 e. The number of hydrogen-bond acceptors (Lipinski definition) is 2. The van der Waals surface area contributed by atoms with Crippen molar-refractivity contribution in [1.29, 1.82) is 0 Å². The molecular weight excluding hydrogens is 308 g/mol. The van der Waals surface area contributed by atoms with Crippen LogP contribution in [0, 0.1) is 5.41 Å². The minimum absolute atomic E-state index is 0.284. The van der Waals surface area contributed by atoms with E-state index in [1.807, 2.05) is 24.3 Å². The van der Waals surface area contributed by atoms with Crippen molar-refractivity contribution in [3.63, 3.8) is 0 Å². The van der Waals surface area contributed by atoms with E-state index in [9.17, 15) is 0 Å². The van der Waals surface area contributed by atoms with Crippen LogP contribution in [0.1, 0.15) is 38.5 Å². The maximum absolute atomic E-state index is 5.98. The summed E-state index contributed by atoms with van der Waals surface area (Å²) in [5.74, 6) is 1.90. The molecule has 0 N–H and O–H groups in total. The number of benzene rings is 1. The fourth-order valence-electron chi connectivity index (χ4n) is 2.59. The molecule has 0 aromatic heterocycles. The highest BCUT2D eigenvalue weighted by Gasteiger charge is 2.30. The molecule has 3 heteroatoms. The van der Waals surface area contributed by atoms with Crippen molar-refractivity contribution >= 4 is 28.6 Å². The van der Waals surface area contributed by atoms with E-state index < -0.39 is 0 Å². The maximum atomic E-state index is 5.98. The fraction of sp³-hybridized carbons (Fsp3) is 0.600. The Morgan fingerprint density at radius 1 is 1.06 bits per heavy atom. The number of rotatable bonds is 4. The second-order valence-corrected chi connectivity index (χ2v) is 6.55. The molecule has 1 aliphatic rings. The van der Waals surface area contributed by atoms with Crippen LogP contribution in [-0.4, -0.2) is 12.4 Å². The number of thiol groups is 1. The van der Waals surface area contributed by atoms with Gasteiger partial charge in [0.2, 0.25) is 0 Å². The molecule has 0 radical (unpaired) electrons. The predicted octanol–water partition coefficient (Wildman–Crippen LogP) is 5.10. The lowest BCUT2D eigenvalue weighted by atomic mass is 9.83. The highest BCUT2D eigenvalue weighted by atomic mass is 79.9. The van der Waals surface area contributed by atoms with Crippen molar-refractivity contribution in [2.24, 2.45) is 5.41 Å². The van der Waals surface area contributed by atoms with Crippen LogP contribution in [0.25, 0.3) is 0 Å². The first-order valence-electron chi connectivity index (χ1n) is 6.73. The second kappa shape index (κ2) is 6.85. The molecule has 0 saturated heterocycles. The third-order valence-electron chi connectivity index (χ3n) is 3.86. The van der Waals surface area contributed by atoms with Gasteiger partial charge in [0, 0.05) is 9.89 Å². The highest BCUT2D eigenvalue weighted by molar-refractivity contribution is 9.10. The van der Waals surface area contributed by atoms with E-state index in [1.54, 1.807) is 0 Å². The topological polar surface area (TPSA) is 9.23 Å². The average Bonchev–Trinajstić information content (AvgIpc) is 2.64. The van der Waals surface area contributed by atoms with Gasteiger partial charge in [-0.05, 0) is 42.9 Å². The van der Waals surface area contributed by atoms with Crippen LogP contribution in [0.4, 0.5) is 0 Å². The normalized spacial score (nSPS) is 19.2. The summed E-state index contributed by atoms with van der Waals surface area (Å²) >= 11 is 8.01. The van der Waals surface area contributed by atoms with E-state index in [4.69, 9.17) is 4.74 Å². The summed E-state index contributed by atoms with van der Waals surface area (Å²) in [6, 6.07) is 8.09. The zero-order valence-corrected chi connectivity index (χ0v) is 13.2. The van der Waals surface area contributed by atoms with Crippen LogP contribution in [0.3, 0.4) is 0 Å². The molecule has 1 fully saturated rings. The molecule has 100 valence electrons. The largest absolute Gasteiger partial charge is 0.493 e. The van der Waals surface area contributed by atoms with Gasteiger partial charge in [-0.15, -0.1) is 0 Å². The van der Waals surface area contributed by atoms with E-state index in [0.29, 0.717) is 0 Å². The molecule has 18 heavy (non-hydrogen) atoms. The van der Waals surface area contributed by atoms with E-state index in [0.717, 1.165) is 22.6 Å². The Balaban J connectivity index is 1.95. The SMILES string of the molecule is SCC1(COc2ccc(Br)cc2)CCCCCC1. The van der Waals surface area contributed by atoms with Crippen LogP contribution < -0.4 is 4.74 Å². The molecule has 0 heterocycles. The quantitative estimate of drug-likeness (QED) is 0.597. The molecule has 0 spiro atoms. The minimum Gasteiger partial charge on any atom is -0.493 e. The lowest BCUT2D eigenvalue weighted by molar-refractivity contribution is 0.148. The van der Waals surface area contributed by atoms with Crippen LogP contribution in [-0.2, 0) is 0 Å². The fourth-order valence-corrected chi connectivity index (χ4v) is 3.27. The number of hydrogen-bond donors (Lipinski definition) is 1. The van der Waals surface area contributed by atoms with Crippen LogP contribution in [0.2, 0.25) is 0 Å². The standard InChI is InChI=1S/C15H21BrOS/c16-13-5-7-14(8-6-13)17-11-15(12-18)9-3-1-2-4-10-15/h5-8,18H,1-4,9-12H2. The summed E-state index contributed by atoms with van der Waals surface area (Å²) in [5, 5.41) is 0. The Morgan fingerprint density at radius 3 is 2.22 bits per heavy atom. The monoisotopic (exact) mass is 328 g/mol. The van der Waals surface area contributed by atoms with Gasteiger partial charge in [0.15, 0.2) is 0 Å². The van der Waals surface area contributed by atoms with E-state index in [1.165, 1.54) is 38.5 Å². The minimum atomic E-state index is 0.284. The highest BCUT2D eigenvalue weighted by Crippen LogP contribution is 2.36. The third-order valence-corrected chi connectivity index (χ3v) is 5.06. The van der Waals surface area contributed by atoms with Gasteiger partial charge in [-0.1, -0.05) is 41.6 Å². The van der Waals surface area contributed by atoms with Gasteiger partial charge in [0.25, 0.3) is 0 Å². The van der Waals surface area contributed by atoms with Gasteiger partial charge >= 0.3 is 0 Å². The molecule has 1 nitrogen and oxygen atoms in total. The van der Waals surface area contributed by atoms with Gasteiger partial charge in [0.1, 0.15) is 5.75 Å². The average molecular weight is 329 g/mol. The lowest BCUT2D eigenvalue weighted by Crippen LogP contribution is -2.30. The van der Waals surface area contributed by atoms with Crippen molar-refractivity contribution in [1.82, 2.24) is 0 Å².